The number of carbonyl (C=O) groups excluding carboxylic acids is 1. The molecule has 0 radical (unpaired) electrons. The maximum absolute atomic E-state index is 13.3. The van der Waals surface area contributed by atoms with Crippen LogP contribution in [0.3, 0.4) is 0 Å². The first-order chi connectivity index (χ1) is 15.4. The van der Waals surface area contributed by atoms with Gasteiger partial charge < -0.3 is 14.4 Å². The zero-order valence-corrected chi connectivity index (χ0v) is 19.5. The third-order valence-corrected chi connectivity index (χ3v) is 7.75. The number of ether oxygens (including phenoxy) is 2. The van der Waals surface area contributed by atoms with Gasteiger partial charge in [0.2, 0.25) is 10.0 Å². The molecule has 2 atom stereocenters. The van der Waals surface area contributed by atoms with Gasteiger partial charge in [0.15, 0.2) is 0 Å². The van der Waals surface area contributed by atoms with E-state index in [1.54, 1.807) is 30.3 Å². The second-order valence-electron chi connectivity index (χ2n) is 8.08. The number of carbonyl (C=O) groups is 1. The van der Waals surface area contributed by atoms with Gasteiger partial charge in [0.05, 0.1) is 25.9 Å². The Morgan fingerprint density at radius 2 is 1.94 bits per heavy atom. The van der Waals surface area contributed by atoms with Gasteiger partial charge in [-0.1, -0.05) is 36.6 Å². The second-order valence-corrected chi connectivity index (χ2v) is 10.2. The summed E-state index contributed by atoms with van der Waals surface area (Å²) in [5.41, 5.74) is 1.09. The zero-order valence-electron chi connectivity index (χ0n) is 17.9. The fraction of sp³-hybridized carbons (Fsp3) is 0.435. The van der Waals surface area contributed by atoms with E-state index < -0.39 is 10.0 Å². The molecule has 1 aliphatic carbocycles. The molecule has 0 spiro atoms. The average molecular weight is 479 g/mol. The Kier molecular flexibility index (Phi) is 7.05. The van der Waals surface area contributed by atoms with Crippen molar-refractivity contribution in [2.45, 2.75) is 49.3 Å². The lowest BCUT2D eigenvalue weighted by molar-refractivity contribution is -0.0752. The molecular formula is C23H27ClN2O5S. The molecule has 1 saturated carbocycles. The molecule has 7 nitrogen and oxygen atoms in total. The number of halogens is 1. The molecule has 2 aromatic carbocycles. The van der Waals surface area contributed by atoms with Crippen molar-refractivity contribution in [3.63, 3.8) is 0 Å². The van der Waals surface area contributed by atoms with Gasteiger partial charge in [-0.05, 0) is 48.7 Å². The lowest BCUT2D eigenvalue weighted by Crippen LogP contribution is -2.54. The summed E-state index contributed by atoms with van der Waals surface area (Å²) in [6, 6.07) is 11.5. The summed E-state index contributed by atoms with van der Waals surface area (Å²) in [4.78, 5) is 15.1. The van der Waals surface area contributed by atoms with E-state index >= 15 is 0 Å². The first kappa shape index (κ1) is 23.0. The minimum atomic E-state index is -3.92. The number of morpholine rings is 1. The van der Waals surface area contributed by atoms with Crippen LogP contribution in [0.4, 0.5) is 0 Å². The highest BCUT2D eigenvalue weighted by Gasteiger charge is 2.37. The monoisotopic (exact) mass is 478 g/mol. The van der Waals surface area contributed by atoms with E-state index in [1.165, 1.54) is 19.2 Å². The number of fused-ring (bicyclic) bond motifs is 1. The van der Waals surface area contributed by atoms with Crippen LogP contribution < -0.4 is 9.46 Å². The van der Waals surface area contributed by atoms with Crippen LogP contribution in [-0.2, 0) is 21.3 Å². The van der Waals surface area contributed by atoms with Gasteiger partial charge in [-0.25, -0.2) is 13.1 Å². The summed E-state index contributed by atoms with van der Waals surface area (Å²) in [5.74, 6) is 0.00433. The van der Waals surface area contributed by atoms with Gasteiger partial charge in [0.1, 0.15) is 10.6 Å². The van der Waals surface area contributed by atoms with Gasteiger partial charge in [-0.2, -0.15) is 0 Å². The van der Waals surface area contributed by atoms with Crippen molar-refractivity contribution in [1.29, 1.82) is 0 Å². The maximum atomic E-state index is 13.3. The molecule has 9 heteroatoms. The number of methoxy groups -OCH3 is 1. The molecule has 1 saturated heterocycles. The van der Waals surface area contributed by atoms with Crippen LogP contribution in [0.15, 0.2) is 47.4 Å². The van der Waals surface area contributed by atoms with E-state index in [9.17, 15) is 13.2 Å². The molecule has 2 aliphatic rings. The fourth-order valence-corrected chi connectivity index (χ4v) is 5.73. The first-order valence-corrected chi connectivity index (χ1v) is 12.6. The molecule has 1 amide bonds. The Hall–Kier alpha value is -2.13. The molecule has 2 aromatic rings. The molecule has 1 heterocycles. The smallest absolute Gasteiger partial charge is 0.254 e. The van der Waals surface area contributed by atoms with Crippen LogP contribution in [0, 0.1) is 0 Å². The number of benzene rings is 2. The maximum Gasteiger partial charge on any atom is 0.254 e. The number of hydrogen-bond donors (Lipinski definition) is 1. The molecule has 1 aliphatic heterocycles. The Morgan fingerprint density at radius 3 is 2.69 bits per heavy atom. The Morgan fingerprint density at radius 1 is 1.19 bits per heavy atom. The quantitative estimate of drug-likeness (QED) is 0.685. The average Bonchev–Trinajstić information content (AvgIpc) is 2.82. The molecule has 2 fully saturated rings. The van der Waals surface area contributed by atoms with Crippen molar-refractivity contribution in [3.05, 3.63) is 58.6 Å². The van der Waals surface area contributed by atoms with Crippen molar-refractivity contribution in [2.24, 2.45) is 0 Å². The largest absolute Gasteiger partial charge is 0.495 e. The lowest BCUT2D eigenvalue weighted by Gasteiger charge is -2.43. The highest BCUT2D eigenvalue weighted by Crippen LogP contribution is 2.31. The topological polar surface area (TPSA) is 84.9 Å². The number of hydrogen-bond acceptors (Lipinski definition) is 5. The van der Waals surface area contributed by atoms with Gasteiger partial charge in [-0.3, -0.25) is 4.79 Å². The highest BCUT2D eigenvalue weighted by molar-refractivity contribution is 7.89. The van der Waals surface area contributed by atoms with Crippen molar-refractivity contribution in [1.82, 2.24) is 9.62 Å². The summed E-state index contributed by atoms with van der Waals surface area (Å²) in [6.45, 7) is 1.09. The molecule has 32 heavy (non-hydrogen) atoms. The molecule has 1 N–H and O–H groups in total. The number of nitrogens with one attached hydrogen (secondary N) is 1. The summed E-state index contributed by atoms with van der Waals surface area (Å²) in [6.07, 6.45) is 4.08. The Labute approximate surface area is 193 Å². The number of amides is 1. The number of rotatable bonds is 6. The van der Waals surface area contributed by atoms with Gasteiger partial charge in [-0.15, -0.1) is 0 Å². The normalized spacial score (nSPS) is 21.1. The van der Waals surface area contributed by atoms with Gasteiger partial charge in [0.25, 0.3) is 5.91 Å². The van der Waals surface area contributed by atoms with Gasteiger partial charge in [0, 0.05) is 23.7 Å². The van der Waals surface area contributed by atoms with E-state index in [0.717, 1.165) is 31.2 Å². The van der Waals surface area contributed by atoms with Crippen LogP contribution >= 0.6 is 11.6 Å². The molecule has 0 aromatic heterocycles. The van der Waals surface area contributed by atoms with Crippen molar-refractivity contribution in [2.75, 3.05) is 20.3 Å². The standard InChI is InChI=1S/C23H27ClN2O5S/c1-30-21-11-8-17(23(27)26-12-13-31-20-5-3-2-4-19(20)26)14-22(21)32(28,29)25-15-16-6-9-18(24)10-7-16/h6-11,14,19-20,25H,2-5,12-13,15H2,1H3. The third-order valence-electron chi connectivity index (χ3n) is 6.07. The highest BCUT2D eigenvalue weighted by atomic mass is 35.5. The number of sulfonamides is 1. The van der Waals surface area contributed by atoms with Crippen LogP contribution in [0.1, 0.15) is 41.6 Å². The molecule has 172 valence electrons. The van der Waals surface area contributed by atoms with Crippen LogP contribution in [0.5, 0.6) is 5.75 Å². The minimum absolute atomic E-state index is 0.0372. The summed E-state index contributed by atoms with van der Waals surface area (Å²) >= 11 is 5.89. The SMILES string of the molecule is COc1ccc(C(=O)N2CCOC3CCCCC32)cc1S(=O)(=O)NCc1ccc(Cl)cc1. The predicted octanol–water partition coefficient (Wildman–Crippen LogP) is 3.61. The zero-order chi connectivity index (χ0) is 22.7. The second kappa shape index (κ2) is 9.79. The molecular weight excluding hydrogens is 452 g/mol. The van der Waals surface area contributed by atoms with E-state index in [-0.39, 0.29) is 35.2 Å². The molecule has 0 bridgehead atoms. The van der Waals surface area contributed by atoms with Crippen LogP contribution in [0.25, 0.3) is 0 Å². The fourth-order valence-electron chi connectivity index (χ4n) is 4.39. The summed E-state index contributed by atoms with van der Waals surface area (Å²) < 4.78 is 39.9. The Bertz CT molecular complexity index is 1070. The number of nitrogens with zero attached hydrogens (tertiary/aromatic N) is 1. The Balaban J connectivity index is 1.57. The van der Waals surface area contributed by atoms with Crippen molar-refractivity contribution in [3.8, 4) is 5.75 Å². The first-order valence-electron chi connectivity index (χ1n) is 10.7. The predicted molar refractivity (Wildman–Crippen MR) is 122 cm³/mol. The van der Waals surface area contributed by atoms with E-state index in [2.05, 4.69) is 4.72 Å². The van der Waals surface area contributed by atoms with E-state index in [4.69, 9.17) is 21.1 Å². The summed E-state index contributed by atoms with van der Waals surface area (Å²) in [5, 5.41) is 0.577. The minimum Gasteiger partial charge on any atom is -0.495 e. The van der Waals surface area contributed by atoms with Crippen LogP contribution in [-0.4, -0.2) is 51.6 Å². The van der Waals surface area contributed by atoms with Crippen molar-refractivity contribution >= 4 is 27.5 Å². The van der Waals surface area contributed by atoms with E-state index in [1.807, 2.05) is 4.90 Å². The van der Waals surface area contributed by atoms with Crippen molar-refractivity contribution < 1.29 is 22.7 Å². The lowest BCUT2D eigenvalue weighted by atomic mass is 9.89. The summed E-state index contributed by atoms with van der Waals surface area (Å²) in [7, 11) is -2.52. The third kappa shape index (κ3) is 4.93. The molecule has 4 rings (SSSR count). The van der Waals surface area contributed by atoms with Crippen LogP contribution in [0.2, 0.25) is 5.02 Å². The van der Waals surface area contributed by atoms with Gasteiger partial charge >= 0.3 is 0 Å². The van der Waals surface area contributed by atoms with E-state index in [0.29, 0.717) is 23.7 Å². The molecule has 2 unspecified atom stereocenters.